The maximum atomic E-state index is 4.31. The van der Waals surface area contributed by atoms with Gasteiger partial charge in [0.15, 0.2) is 0 Å². The average molecular weight is 400 g/mol. The minimum Gasteiger partial charge on any atom is -0.353 e. The van der Waals surface area contributed by atoms with E-state index in [1.807, 2.05) is 6.21 Å². The molecule has 0 saturated heterocycles. The lowest BCUT2D eigenvalue weighted by molar-refractivity contribution is 0.643. The summed E-state index contributed by atoms with van der Waals surface area (Å²) in [6, 6.07) is 17.4. The largest absolute Gasteiger partial charge is 0.353 e. The smallest absolute Gasteiger partial charge is 0.212 e. The molecule has 0 atom stereocenters. The zero-order chi connectivity index (χ0) is 20.2. The van der Waals surface area contributed by atoms with Gasteiger partial charge in [-0.15, -0.1) is 0 Å². The van der Waals surface area contributed by atoms with Crippen molar-refractivity contribution in [3.8, 4) is 0 Å². The first-order valence-corrected chi connectivity index (χ1v) is 10.1. The number of nitrogens with zero attached hydrogens (tertiary/aromatic N) is 3. The topological polar surface area (TPSA) is 97.2 Å². The molecule has 2 aliphatic heterocycles. The molecule has 5 rings (SSSR count). The highest BCUT2D eigenvalue weighted by atomic mass is 15.4. The minimum absolute atomic E-state index is 0.713. The van der Waals surface area contributed by atoms with Crippen LogP contribution in [0.1, 0.15) is 11.1 Å². The fraction of sp³-hybridized carbons (Fsp3) is 0.227. The summed E-state index contributed by atoms with van der Waals surface area (Å²) in [5, 5.41) is 15.4. The van der Waals surface area contributed by atoms with E-state index in [0.717, 1.165) is 43.7 Å². The zero-order valence-corrected chi connectivity index (χ0v) is 16.6. The van der Waals surface area contributed by atoms with Crippen LogP contribution in [0.4, 0.5) is 0 Å². The van der Waals surface area contributed by atoms with Crippen molar-refractivity contribution in [3.63, 3.8) is 0 Å². The van der Waals surface area contributed by atoms with E-state index >= 15 is 0 Å². The van der Waals surface area contributed by atoms with Crippen LogP contribution in [0.5, 0.6) is 0 Å². The molecule has 2 heterocycles. The summed E-state index contributed by atoms with van der Waals surface area (Å²) in [5.41, 5.74) is 11.5. The van der Waals surface area contributed by atoms with Crippen molar-refractivity contribution in [2.24, 2.45) is 15.1 Å². The van der Waals surface area contributed by atoms with E-state index in [0.29, 0.717) is 6.54 Å². The third-order valence-corrected chi connectivity index (χ3v) is 5.12. The second-order valence-electron chi connectivity index (χ2n) is 7.30. The van der Waals surface area contributed by atoms with Crippen molar-refractivity contribution in [3.05, 3.63) is 59.7 Å². The first kappa shape index (κ1) is 18.4. The molecule has 0 bridgehead atoms. The van der Waals surface area contributed by atoms with Crippen molar-refractivity contribution in [1.82, 2.24) is 26.9 Å². The molecule has 0 fully saturated rings. The Bertz CT molecular complexity index is 1160. The van der Waals surface area contributed by atoms with Gasteiger partial charge in [0.05, 0.1) is 19.3 Å². The van der Waals surface area contributed by atoms with Crippen LogP contribution >= 0.6 is 0 Å². The van der Waals surface area contributed by atoms with Crippen LogP contribution in [-0.2, 0) is 6.54 Å². The first-order chi connectivity index (χ1) is 14.8. The molecule has 0 radical (unpaired) electrons. The van der Waals surface area contributed by atoms with Crippen molar-refractivity contribution in [1.29, 1.82) is 0 Å². The molecule has 2 aliphatic rings. The molecule has 0 aliphatic carbocycles. The predicted molar refractivity (Wildman–Crippen MR) is 123 cm³/mol. The third-order valence-electron chi connectivity index (χ3n) is 5.12. The molecule has 0 spiro atoms. The summed E-state index contributed by atoms with van der Waals surface area (Å²) in [6.45, 7) is 4.08. The second kappa shape index (κ2) is 8.38. The van der Waals surface area contributed by atoms with Crippen LogP contribution < -0.4 is 26.9 Å². The van der Waals surface area contributed by atoms with Crippen LogP contribution in [0.25, 0.3) is 21.5 Å². The number of rotatable bonds is 5. The molecule has 8 heteroatoms. The van der Waals surface area contributed by atoms with Gasteiger partial charge in [-0.1, -0.05) is 24.3 Å². The minimum atomic E-state index is 0.713. The molecule has 0 saturated carbocycles. The highest BCUT2D eigenvalue weighted by Crippen LogP contribution is 2.24. The Labute approximate surface area is 174 Å². The number of hydrogen-bond acceptors (Lipinski definition) is 8. The van der Waals surface area contributed by atoms with E-state index in [1.165, 1.54) is 27.1 Å². The molecule has 0 amide bonds. The molecule has 152 valence electrons. The summed E-state index contributed by atoms with van der Waals surface area (Å²) in [6.07, 6.45) is 1.82. The number of aliphatic imine (C=N–C) groups is 2. The maximum absolute atomic E-state index is 4.31. The summed E-state index contributed by atoms with van der Waals surface area (Å²) in [4.78, 5) is 8.57. The molecule has 3 aromatic carbocycles. The SMILES string of the molecule is C(=N/NC1=NCCN1)/c1ccc2cc3ccc(CNNC4=NCCN4)cc3cc2c1. The number of fused-ring (bicyclic) bond motifs is 2. The molecule has 8 nitrogen and oxygen atoms in total. The zero-order valence-electron chi connectivity index (χ0n) is 16.6. The van der Waals surface area contributed by atoms with Gasteiger partial charge in [0.1, 0.15) is 0 Å². The van der Waals surface area contributed by atoms with Gasteiger partial charge in [0.25, 0.3) is 0 Å². The second-order valence-corrected chi connectivity index (χ2v) is 7.30. The highest BCUT2D eigenvalue weighted by Gasteiger charge is 2.05. The Morgan fingerprint density at radius 1 is 0.833 bits per heavy atom. The van der Waals surface area contributed by atoms with Gasteiger partial charge in [0, 0.05) is 19.6 Å². The van der Waals surface area contributed by atoms with Crippen molar-refractivity contribution >= 4 is 39.7 Å². The number of nitrogens with one attached hydrogen (secondary N) is 5. The van der Waals surface area contributed by atoms with Gasteiger partial charge in [-0.2, -0.15) is 5.10 Å². The van der Waals surface area contributed by atoms with Crippen LogP contribution in [0.2, 0.25) is 0 Å². The van der Waals surface area contributed by atoms with Gasteiger partial charge >= 0.3 is 0 Å². The Morgan fingerprint density at radius 2 is 1.57 bits per heavy atom. The summed E-state index contributed by atoms with van der Waals surface area (Å²) < 4.78 is 0. The lowest BCUT2D eigenvalue weighted by Crippen LogP contribution is -2.42. The molecular formula is C22H24N8. The first-order valence-electron chi connectivity index (χ1n) is 10.1. The summed E-state index contributed by atoms with van der Waals surface area (Å²) >= 11 is 0. The number of guanidine groups is 2. The molecule has 5 N–H and O–H groups in total. The molecule has 3 aromatic rings. The lowest BCUT2D eigenvalue weighted by atomic mass is 10.0. The Balaban J connectivity index is 1.32. The maximum Gasteiger partial charge on any atom is 0.212 e. The van der Waals surface area contributed by atoms with E-state index in [9.17, 15) is 0 Å². The van der Waals surface area contributed by atoms with Crippen molar-refractivity contribution in [2.75, 3.05) is 26.2 Å². The number of hydrazine groups is 1. The van der Waals surface area contributed by atoms with Crippen LogP contribution in [0, 0.1) is 0 Å². The van der Waals surface area contributed by atoms with Gasteiger partial charge in [-0.25, -0.2) is 15.8 Å². The van der Waals surface area contributed by atoms with Crippen molar-refractivity contribution < 1.29 is 0 Å². The van der Waals surface area contributed by atoms with Gasteiger partial charge in [-0.3, -0.25) is 10.4 Å². The monoisotopic (exact) mass is 400 g/mol. The van der Waals surface area contributed by atoms with E-state index in [4.69, 9.17) is 0 Å². The van der Waals surface area contributed by atoms with E-state index in [1.54, 1.807) is 0 Å². The molecule has 30 heavy (non-hydrogen) atoms. The highest BCUT2D eigenvalue weighted by molar-refractivity contribution is 6.00. The van der Waals surface area contributed by atoms with Gasteiger partial charge in [0.2, 0.25) is 11.9 Å². The van der Waals surface area contributed by atoms with Crippen molar-refractivity contribution in [2.45, 2.75) is 6.54 Å². The van der Waals surface area contributed by atoms with E-state index in [-0.39, 0.29) is 0 Å². The Morgan fingerprint density at radius 3 is 2.37 bits per heavy atom. The number of hydrogen-bond donors (Lipinski definition) is 5. The fourth-order valence-electron chi connectivity index (χ4n) is 3.61. The standard InChI is InChI=1S/C22H24N8/c1-3-17-11-18-4-2-16(14-28-30-22-25-7-8-26-22)10-20(18)12-19(17)9-15(1)13-27-29-21-23-5-6-24-21/h1-4,9-13,28H,5-8,14H2,(H2,23,24,29)(H2,25,26,30)/b27-13-. The fourth-order valence-corrected chi connectivity index (χ4v) is 3.61. The van der Waals surface area contributed by atoms with Crippen LogP contribution in [0.15, 0.2) is 63.6 Å². The molecular weight excluding hydrogens is 376 g/mol. The van der Waals surface area contributed by atoms with Gasteiger partial charge < -0.3 is 10.6 Å². The van der Waals surface area contributed by atoms with Gasteiger partial charge in [-0.05, 0) is 56.9 Å². The van der Waals surface area contributed by atoms with Crippen LogP contribution in [-0.4, -0.2) is 44.3 Å². The Kier molecular flexibility index (Phi) is 5.14. The summed E-state index contributed by atoms with van der Waals surface area (Å²) in [7, 11) is 0. The Hall–Kier alpha value is -3.65. The van der Waals surface area contributed by atoms with E-state index in [2.05, 4.69) is 90.5 Å². The normalized spacial score (nSPS) is 15.9. The third kappa shape index (κ3) is 4.18. The van der Waals surface area contributed by atoms with Crippen LogP contribution in [0.3, 0.4) is 0 Å². The number of benzene rings is 3. The number of hydrazone groups is 1. The molecule has 0 unspecified atom stereocenters. The molecule has 0 aromatic heterocycles. The predicted octanol–water partition coefficient (Wildman–Crippen LogP) is 1.43. The summed E-state index contributed by atoms with van der Waals surface area (Å²) in [5.74, 6) is 1.53. The van der Waals surface area contributed by atoms with E-state index < -0.39 is 0 Å². The average Bonchev–Trinajstić information content (AvgIpc) is 3.47. The lowest BCUT2D eigenvalue weighted by Gasteiger charge is -2.10. The quantitative estimate of drug-likeness (QED) is 0.254.